The zero-order chi connectivity index (χ0) is 21.1. The van der Waals surface area contributed by atoms with Crippen molar-refractivity contribution in [2.24, 2.45) is 0 Å². The third-order valence-corrected chi connectivity index (χ3v) is 5.76. The Hall–Kier alpha value is -2.81. The zero-order valence-corrected chi connectivity index (χ0v) is 17.1. The van der Waals surface area contributed by atoms with Crippen LogP contribution in [0.15, 0.2) is 24.4 Å². The summed E-state index contributed by atoms with van der Waals surface area (Å²) in [4.78, 5) is 33.0. The van der Waals surface area contributed by atoms with Crippen molar-refractivity contribution in [3.05, 3.63) is 47.3 Å². The topological polar surface area (TPSA) is 80.6 Å². The van der Waals surface area contributed by atoms with E-state index in [1.165, 1.54) is 18.3 Å². The number of hydrogen-bond donors (Lipinski definition) is 0. The highest BCUT2D eigenvalue weighted by Gasteiger charge is 2.31. The zero-order valence-electron chi connectivity index (χ0n) is 17.1. The van der Waals surface area contributed by atoms with Gasteiger partial charge in [0.2, 0.25) is 0 Å². The van der Waals surface area contributed by atoms with Gasteiger partial charge < -0.3 is 14.5 Å². The number of fused-ring (bicyclic) bond motifs is 1. The predicted molar refractivity (Wildman–Crippen MR) is 107 cm³/mol. The van der Waals surface area contributed by atoms with Crippen molar-refractivity contribution < 1.29 is 18.7 Å². The summed E-state index contributed by atoms with van der Waals surface area (Å²) in [6.45, 7) is 3.41. The van der Waals surface area contributed by atoms with Crippen LogP contribution < -0.4 is 0 Å². The van der Waals surface area contributed by atoms with E-state index in [1.54, 1.807) is 21.6 Å². The van der Waals surface area contributed by atoms with E-state index >= 15 is 0 Å². The third-order valence-electron chi connectivity index (χ3n) is 5.76. The Morgan fingerprint density at radius 3 is 2.97 bits per heavy atom. The third kappa shape index (κ3) is 4.07. The van der Waals surface area contributed by atoms with Gasteiger partial charge in [-0.2, -0.15) is 5.10 Å². The molecule has 0 radical (unpaired) electrons. The molecule has 2 aromatic heterocycles. The number of nitrogens with zero attached hydrogens (tertiary/aromatic N) is 5. The Bertz CT molecular complexity index is 931. The van der Waals surface area contributed by atoms with Crippen LogP contribution in [0.1, 0.15) is 51.9 Å². The highest BCUT2D eigenvalue weighted by atomic mass is 19.1. The largest absolute Gasteiger partial charge is 0.383 e. The van der Waals surface area contributed by atoms with Gasteiger partial charge in [-0.25, -0.2) is 9.37 Å². The quantitative estimate of drug-likeness (QED) is 0.746. The Balaban J connectivity index is 1.51. The van der Waals surface area contributed by atoms with Gasteiger partial charge in [0.15, 0.2) is 11.5 Å². The van der Waals surface area contributed by atoms with Crippen molar-refractivity contribution in [3.63, 3.8) is 0 Å². The molecule has 30 heavy (non-hydrogen) atoms. The molecule has 0 N–H and O–H groups in total. The first-order valence-corrected chi connectivity index (χ1v) is 10.3. The van der Waals surface area contributed by atoms with Gasteiger partial charge in [0, 0.05) is 51.9 Å². The highest BCUT2D eigenvalue weighted by molar-refractivity contribution is 5.93. The summed E-state index contributed by atoms with van der Waals surface area (Å²) in [6, 6.07) is 4.57. The van der Waals surface area contributed by atoms with Crippen molar-refractivity contribution in [2.45, 2.75) is 31.7 Å². The second-order valence-corrected chi connectivity index (χ2v) is 7.74. The van der Waals surface area contributed by atoms with E-state index in [1.807, 2.05) is 6.07 Å². The number of carbonyl (C=O) groups excluding carboxylic acids is 2. The number of amides is 2. The fraction of sp³-hybridized carbons (Fsp3) is 0.524. The van der Waals surface area contributed by atoms with Crippen molar-refractivity contribution in [3.8, 4) is 0 Å². The molecule has 0 aromatic carbocycles. The second-order valence-electron chi connectivity index (χ2n) is 7.74. The van der Waals surface area contributed by atoms with E-state index in [0.29, 0.717) is 45.0 Å². The minimum absolute atomic E-state index is 0.00845. The fourth-order valence-corrected chi connectivity index (χ4v) is 4.16. The molecule has 0 saturated carbocycles. The average Bonchev–Trinajstić information content (AvgIpc) is 3.14. The van der Waals surface area contributed by atoms with Crippen LogP contribution >= 0.6 is 0 Å². The predicted octanol–water partition coefficient (Wildman–Crippen LogP) is 1.93. The summed E-state index contributed by atoms with van der Waals surface area (Å²) < 4.78 is 20.9. The minimum Gasteiger partial charge on any atom is -0.383 e. The Labute approximate surface area is 174 Å². The monoisotopic (exact) mass is 415 g/mol. The van der Waals surface area contributed by atoms with Crippen molar-refractivity contribution in [1.82, 2.24) is 24.6 Å². The maximum atomic E-state index is 14.0. The average molecular weight is 415 g/mol. The van der Waals surface area contributed by atoms with Crippen LogP contribution in [0.2, 0.25) is 0 Å². The fourth-order valence-electron chi connectivity index (χ4n) is 4.16. The molecule has 4 heterocycles. The molecule has 4 rings (SSSR count). The first-order valence-electron chi connectivity index (χ1n) is 10.3. The Morgan fingerprint density at radius 2 is 2.17 bits per heavy atom. The van der Waals surface area contributed by atoms with Gasteiger partial charge in [-0.05, 0) is 37.5 Å². The number of ether oxygens (including phenoxy) is 1. The lowest BCUT2D eigenvalue weighted by Gasteiger charge is -2.31. The number of likely N-dealkylation sites (tertiary alicyclic amines) is 1. The maximum Gasteiger partial charge on any atom is 0.275 e. The summed E-state index contributed by atoms with van der Waals surface area (Å²) in [7, 11) is 1.62. The number of carbonyl (C=O) groups is 2. The minimum atomic E-state index is -0.611. The van der Waals surface area contributed by atoms with Crippen LogP contribution in [-0.4, -0.2) is 76.3 Å². The molecule has 2 aromatic rings. The van der Waals surface area contributed by atoms with Gasteiger partial charge in [0.25, 0.3) is 11.8 Å². The van der Waals surface area contributed by atoms with Crippen LogP contribution in [0.4, 0.5) is 4.39 Å². The molecule has 1 atom stereocenters. The van der Waals surface area contributed by atoms with E-state index < -0.39 is 11.7 Å². The number of pyridine rings is 1. The molecular weight excluding hydrogens is 389 g/mol. The van der Waals surface area contributed by atoms with Crippen LogP contribution in [0.25, 0.3) is 0 Å². The number of piperidine rings is 1. The molecule has 2 amide bonds. The smallest absolute Gasteiger partial charge is 0.275 e. The lowest BCUT2D eigenvalue weighted by Crippen LogP contribution is -2.40. The molecule has 9 heteroatoms. The van der Waals surface area contributed by atoms with E-state index in [9.17, 15) is 14.0 Å². The molecule has 0 aliphatic carbocycles. The summed E-state index contributed by atoms with van der Waals surface area (Å²) in [5.74, 6) is -1.04. The van der Waals surface area contributed by atoms with E-state index in [4.69, 9.17) is 9.84 Å². The lowest BCUT2D eigenvalue weighted by molar-refractivity contribution is 0.0687. The number of aromatic nitrogens is 3. The van der Waals surface area contributed by atoms with Crippen molar-refractivity contribution in [2.75, 3.05) is 39.9 Å². The summed E-state index contributed by atoms with van der Waals surface area (Å²) in [5.41, 5.74) is 1.24. The van der Waals surface area contributed by atoms with Crippen LogP contribution in [-0.2, 0) is 11.3 Å². The number of hydrogen-bond acceptors (Lipinski definition) is 5. The van der Waals surface area contributed by atoms with Gasteiger partial charge in [-0.3, -0.25) is 14.3 Å². The standard InChI is InChI=1S/C21H26FN5O3/c1-30-12-11-25-9-4-10-27-18(20(25)28)13-17(24-27)15-5-3-8-26(14-15)21(29)19-16(22)6-2-7-23-19/h2,6-7,13,15H,3-5,8-12,14H2,1H3. The lowest BCUT2D eigenvalue weighted by atomic mass is 9.94. The molecule has 1 fully saturated rings. The van der Waals surface area contributed by atoms with Gasteiger partial charge in [0.05, 0.1) is 12.3 Å². The summed E-state index contributed by atoms with van der Waals surface area (Å²) in [6.07, 6.45) is 3.91. The van der Waals surface area contributed by atoms with E-state index in [-0.39, 0.29) is 17.5 Å². The molecule has 0 bridgehead atoms. The van der Waals surface area contributed by atoms with Gasteiger partial charge >= 0.3 is 0 Å². The van der Waals surface area contributed by atoms with E-state index in [2.05, 4.69) is 4.98 Å². The normalized spacial score (nSPS) is 19.5. The summed E-state index contributed by atoms with van der Waals surface area (Å²) in [5, 5.41) is 4.69. The molecule has 0 spiro atoms. The molecule has 1 saturated heterocycles. The Morgan fingerprint density at radius 1 is 1.30 bits per heavy atom. The molecule has 2 aliphatic rings. The molecular formula is C21H26FN5O3. The van der Waals surface area contributed by atoms with E-state index in [0.717, 1.165) is 25.0 Å². The Kier molecular flexibility index (Phi) is 6.08. The molecule has 160 valence electrons. The van der Waals surface area contributed by atoms with Gasteiger partial charge in [-0.15, -0.1) is 0 Å². The van der Waals surface area contributed by atoms with Crippen LogP contribution in [0.3, 0.4) is 0 Å². The van der Waals surface area contributed by atoms with Crippen LogP contribution in [0.5, 0.6) is 0 Å². The SMILES string of the molecule is COCCN1CCCn2nc(C3CCCN(C(=O)c4ncccc4F)C3)cc2C1=O. The number of rotatable bonds is 5. The first kappa shape index (κ1) is 20.5. The summed E-state index contributed by atoms with van der Waals surface area (Å²) >= 11 is 0. The highest BCUT2D eigenvalue weighted by Crippen LogP contribution is 2.28. The van der Waals surface area contributed by atoms with Crippen molar-refractivity contribution >= 4 is 11.8 Å². The number of halogens is 1. The van der Waals surface area contributed by atoms with Gasteiger partial charge in [0.1, 0.15) is 5.69 Å². The number of aryl methyl sites for hydroxylation is 1. The molecule has 8 nitrogen and oxygen atoms in total. The first-order chi connectivity index (χ1) is 14.6. The molecule has 1 unspecified atom stereocenters. The van der Waals surface area contributed by atoms with Crippen molar-refractivity contribution in [1.29, 1.82) is 0 Å². The second kappa shape index (κ2) is 8.91. The maximum absolute atomic E-state index is 14.0. The number of methoxy groups -OCH3 is 1. The van der Waals surface area contributed by atoms with Crippen LogP contribution in [0, 0.1) is 5.82 Å². The molecule has 2 aliphatic heterocycles. The van der Waals surface area contributed by atoms with Gasteiger partial charge in [-0.1, -0.05) is 0 Å².